The van der Waals surface area contributed by atoms with Crippen LogP contribution in [0.1, 0.15) is 5.56 Å². The first-order valence-electron chi connectivity index (χ1n) is 8.46. The minimum Gasteiger partial charge on any atom is -0.457 e. The van der Waals surface area contributed by atoms with Crippen LogP contribution in [0.5, 0.6) is 11.5 Å². The average molecular weight is 366 g/mol. The molecule has 0 aromatic heterocycles. The fourth-order valence-corrected chi connectivity index (χ4v) is 3.70. The fourth-order valence-electron chi connectivity index (χ4n) is 2.73. The van der Waals surface area contributed by atoms with E-state index in [1.165, 1.54) is 11.8 Å². The molecule has 0 bridgehead atoms. The van der Waals surface area contributed by atoms with Crippen LogP contribution in [0.2, 0.25) is 0 Å². The molecule has 1 saturated heterocycles. The monoisotopic (exact) mass is 366 g/mol. The number of benzene rings is 2. The summed E-state index contributed by atoms with van der Waals surface area (Å²) in [5.74, 6) is 1.32. The van der Waals surface area contributed by atoms with Crippen LogP contribution in [0.4, 0.5) is 0 Å². The van der Waals surface area contributed by atoms with E-state index < -0.39 is 0 Å². The highest BCUT2D eigenvalue weighted by Crippen LogP contribution is 2.31. The van der Waals surface area contributed by atoms with Crippen molar-refractivity contribution in [3.8, 4) is 11.5 Å². The molecule has 5 nitrogen and oxygen atoms in total. The third-order valence-corrected chi connectivity index (χ3v) is 5.07. The maximum Gasteiger partial charge on any atom is 0.286 e. The summed E-state index contributed by atoms with van der Waals surface area (Å²) in [6.45, 7) is 2.89. The van der Waals surface area contributed by atoms with Gasteiger partial charge in [-0.3, -0.25) is 4.79 Å². The van der Waals surface area contributed by atoms with Crippen molar-refractivity contribution in [3.63, 3.8) is 0 Å². The first-order valence-corrected chi connectivity index (χ1v) is 9.28. The van der Waals surface area contributed by atoms with Crippen molar-refractivity contribution in [3.05, 3.63) is 65.1 Å². The van der Waals surface area contributed by atoms with E-state index in [1.807, 2.05) is 60.7 Å². The Morgan fingerprint density at radius 1 is 1.04 bits per heavy atom. The Labute approximate surface area is 156 Å². The highest BCUT2D eigenvalue weighted by molar-refractivity contribution is 8.18. The van der Waals surface area contributed by atoms with Crippen LogP contribution >= 0.6 is 11.8 Å². The fraction of sp³-hybridized carbons (Fsp3) is 0.200. The minimum absolute atomic E-state index is 0.189. The maximum atomic E-state index is 12.2. The summed E-state index contributed by atoms with van der Waals surface area (Å²) < 4.78 is 11.2. The van der Waals surface area contributed by atoms with E-state index >= 15 is 0 Å². The molecule has 0 aliphatic carbocycles. The molecule has 2 aromatic rings. The van der Waals surface area contributed by atoms with E-state index in [2.05, 4.69) is 9.89 Å². The van der Waals surface area contributed by atoms with Gasteiger partial charge < -0.3 is 14.4 Å². The molecule has 0 atom stereocenters. The quantitative estimate of drug-likeness (QED) is 0.774. The van der Waals surface area contributed by atoms with Crippen molar-refractivity contribution in [2.45, 2.75) is 0 Å². The van der Waals surface area contributed by atoms with Crippen LogP contribution in [-0.4, -0.2) is 42.3 Å². The Hall–Kier alpha value is -2.57. The number of carbonyl (C=O) groups is 1. The number of amides is 1. The van der Waals surface area contributed by atoms with Crippen LogP contribution in [0.25, 0.3) is 6.08 Å². The van der Waals surface area contributed by atoms with Gasteiger partial charge in [0.25, 0.3) is 5.91 Å². The van der Waals surface area contributed by atoms with Crippen LogP contribution < -0.4 is 4.74 Å². The number of para-hydroxylation sites is 1. The lowest BCUT2D eigenvalue weighted by Crippen LogP contribution is -2.38. The van der Waals surface area contributed by atoms with Crippen molar-refractivity contribution >= 4 is 28.9 Å². The van der Waals surface area contributed by atoms with Gasteiger partial charge in [0.1, 0.15) is 11.5 Å². The minimum atomic E-state index is -0.189. The summed E-state index contributed by atoms with van der Waals surface area (Å²) in [6, 6.07) is 17.3. The van der Waals surface area contributed by atoms with Crippen molar-refractivity contribution in [2.75, 3.05) is 26.3 Å². The Balaban J connectivity index is 1.48. The lowest BCUT2D eigenvalue weighted by molar-refractivity contribution is -0.113. The van der Waals surface area contributed by atoms with Gasteiger partial charge >= 0.3 is 0 Å². The van der Waals surface area contributed by atoms with Crippen molar-refractivity contribution < 1.29 is 14.3 Å². The molecule has 2 aliphatic heterocycles. The molecule has 0 spiro atoms. The van der Waals surface area contributed by atoms with E-state index in [0.717, 1.165) is 35.3 Å². The number of rotatable bonds is 3. The van der Waals surface area contributed by atoms with E-state index in [-0.39, 0.29) is 5.91 Å². The van der Waals surface area contributed by atoms with Crippen LogP contribution in [-0.2, 0) is 9.53 Å². The molecule has 26 heavy (non-hydrogen) atoms. The van der Waals surface area contributed by atoms with E-state index in [9.17, 15) is 4.79 Å². The van der Waals surface area contributed by atoms with Gasteiger partial charge in [-0.2, -0.15) is 4.99 Å². The van der Waals surface area contributed by atoms with Crippen molar-refractivity contribution in [1.82, 2.24) is 4.90 Å². The second kappa shape index (κ2) is 7.76. The summed E-state index contributed by atoms with van der Waals surface area (Å²) in [5, 5.41) is 0.765. The normalized spacial score (nSPS) is 18.9. The van der Waals surface area contributed by atoms with Crippen LogP contribution in [0.3, 0.4) is 0 Å². The van der Waals surface area contributed by atoms with Crippen LogP contribution in [0, 0.1) is 0 Å². The molecule has 1 fully saturated rings. The molecule has 1 amide bonds. The number of amidine groups is 1. The predicted octanol–water partition coefficient (Wildman–Crippen LogP) is 3.78. The van der Waals surface area contributed by atoms with Gasteiger partial charge in [-0.05, 0) is 47.7 Å². The number of aliphatic imine (C=N–C) groups is 1. The number of hydrogen-bond acceptors (Lipinski definition) is 5. The van der Waals surface area contributed by atoms with Gasteiger partial charge in [0.2, 0.25) is 0 Å². The summed E-state index contributed by atoms with van der Waals surface area (Å²) in [5.41, 5.74) is 0.910. The summed E-state index contributed by atoms with van der Waals surface area (Å²) in [6.07, 6.45) is 1.86. The van der Waals surface area contributed by atoms with Crippen LogP contribution in [0.15, 0.2) is 64.5 Å². The molecule has 2 aliphatic rings. The Bertz CT molecular complexity index is 858. The van der Waals surface area contributed by atoms with Gasteiger partial charge in [0.15, 0.2) is 5.17 Å². The molecule has 0 radical (unpaired) electrons. The molecule has 2 aromatic carbocycles. The number of thioether (sulfide) groups is 1. The lowest BCUT2D eigenvalue weighted by Gasteiger charge is -2.27. The summed E-state index contributed by atoms with van der Waals surface area (Å²) in [7, 11) is 0. The highest BCUT2D eigenvalue weighted by atomic mass is 32.2. The van der Waals surface area contributed by atoms with E-state index in [4.69, 9.17) is 9.47 Å². The predicted molar refractivity (Wildman–Crippen MR) is 103 cm³/mol. The van der Waals surface area contributed by atoms with Gasteiger partial charge in [0, 0.05) is 13.1 Å². The molecular weight excluding hydrogens is 348 g/mol. The second-order valence-electron chi connectivity index (χ2n) is 5.90. The Kier molecular flexibility index (Phi) is 5.04. The highest BCUT2D eigenvalue weighted by Gasteiger charge is 2.27. The standard InChI is InChI=1S/C20H18N2O3S/c23-19-18(26-20(21-19)22-9-11-24-12-10-22)14-15-5-4-8-17(13-15)25-16-6-2-1-3-7-16/h1-8,13-14H,9-12H2/b18-14+. The van der Waals surface area contributed by atoms with Gasteiger partial charge in [-0.15, -0.1) is 0 Å². The largest absolute Gasteiger partial charge is 0.457 e. The summed E-state index contributed by atoms with van der Waals surface area (Å²) in [4.78, 5) is 19.2. The Morgan fingerprint density at radius 3 is 2.62 bits per heavy atom. The van der Waals surface area contributed by atoms with Gasteiger partial charge in [-0.25, -0.2) is 0 Å². The number of carbonyl (C=O) groups excluding carboxylic acids is 1. The number of morpholine rings is 1. The number of ether oxygens (including phenoxy) is 2. The van der Waals surface area contributed by atoms with Crippen molar-refractivity contribution in [1.29, 1.82) is 0 Å². The van der Waals surface area contributed by atoms with E-state index in [1.54, 1.807) is 0 Å². The van der Waals surface area contributed by atoms with Gasteiger partial charge in [-0.1, -0.05) is 30.3 Å². The molecule has 132 valence electrons. The second-order valence-corrected chi connectivity index (χ2v) is 6.91. The Morgan fingerprint density at radius 2 is 1.81 bits per heavy atom. The topological polar surface area (TPSA) is 51.1 Å². The molecule has 2 heterocycles. The molecule has 0 N–H and O–H groups in total. The zero-order valence-electron chi connectivity index (χ0n) is 14.1. The smallest absolute Gasteiger partial charge is 0.286 e. The third kappa shape index (κ3) is 3.98. The number of nitrogens with zero attached hydrogens (tertiary/aromatic N) is 2. The zero-order chi connectivity index (χ0) is 17.8. The lowest BCUT2D eigenvalue weighted by atomic mass is 10.2. The number of hydrogen-bond donors (Lipinski definition) is 0. The first-order chi connectivity index (χ1) is 12.8. The van der Waals surface area contributed by atoms with E-state index in [0.29, 0.717) is 18.1 Å². The molecule has 0 unspecified atom stereocenters. The average Bonchev–Trinajstić information content (AvgIpc) is 3.04. The molecular formula is C20H18N2O3S. The third-order valence-electron chi connectivity index (χ3n) is 4.03. The molecule has 4 rings (SSSR count). The van der Waals surface area contributed by atoms with Gasteiger partial charge in [0.05, 0.1) is 18.1 Å². The summed E-state index contributed by atoms with van der Waals surface area (Å²) >= 11 is 1.42. The molecule has 6 heteroatoms. The van der Waals surface area contributed by atoms with Crippen molar-refractivity contribution in [2.24, 2.45) is 4.99 Å². The SMILES string of the molecule is O=C1N=C(N2CCOCC2)S/C1=C/c1cccc(Oc2ccccc2)c1. The zero-order valence-corrected chi connectivity index (χ0v) is 14.9. The first kappa shape index (κ1) is 16.9. The maximum absolute atomic E-state index is 12.2. The molecule has 0 saturated carbocycles.